The molecule has 3 nitrogen and oxygen atoms in total. The van der Waals surface area contributed by atoms with Crippen molar-refractivity contribution in [2.24, 2.45) is 5.41 Å². The van der Waals surface area contributed by atoms with Crippen LogP contribution in [0, 0.1) is 5.41 Å². The first-order valence-corrected chi connectivity index (χ1v) is 6.72. The van der Waals surface area contributed by atoms with Crippen LogP contribution in [0.4, 0.5) is 5.69 Å². The lowest BCUT2D eigenvalue weighted by Gasteiger charge is -2.30. The van der Waals surface area contributed by atoms with Crippen LogP contribution in [0.15, 0.2) is 22.7 Å². The van der Waals surface area contributed by atoms with E-state index in [4.69, 9.17) is 16.3 Å². The number of carbonyl (C=O) groups excluding carboxylic acids is 1. The standard InChI is InChI=1S/C13H17BrClNO2/c1-13(2,3)11(12(17)18-4)16-8-5-6-10(15)9(14)7-8/h5-7,11,16H,1-4H3. The number of rotatable bonds is 3. The Morgan fingerprint density at radius 3 is 2.50 bits per heavy atom. The van der Waals surface area contributed by atoms with Crippen molar-refractivity contribution in [3.8, 4) is 0 Å². The molecule has 0 aliphatic heterocycles. The van der Waals surface area contributed by atoms with E-state index in [0.29, 0.717) is 5.02 Å². The number of ether oxygens (including phenoxy) is 1. The fourth-order valence-electron chi connectivity index (χ4n) is 1.50. The van der Waals surface area contributed by atoms with E-state index < -0.39 is 6.04 Å². The summed E-state index contributed by atoms with van der Waals surface area (Å²) in [5.41, 5.74) is 0.566. The Morgan fingerprint density at radius 2 is 2.06 bits per heavy atom. The Balaban J connectivity index is 2.96. The topological polar surface area (TPSA) is 38.3 Å². The monoisotopic (exact) mass is 333 g/mol. The minimum atomic E-state index is -0.421. The maximum absolute atomic E-state index is 11.8. The van der Waals surface area contributed by atoms with Crippen molar-refractivity contribution < 1.29 is 9.53 Å². The summed E-state index contributed by atoms with van der Waals surface area (Å²) in [5, 5.41) is 3.80. The molecule has 0 aliphatic carbocycles. The number of hydrogen-bond acceptors (Lipinski definition) is 3. The van der Waals surface area contributed by atoms with Crippen LogP contribution in [0.3, 0.4) is 0 Å². The minimum Gasteiger partial charge on any atom is -0.467 e. The van der Waals surface area contributed by atoms with E-state index in [1.54, 1.807) is 6.07 Å². The zero-order valence-electron chi connectivity index (χ0n) is 10.9. The maximum Gasteiger partial charge on any atom is 0.328 e. The summed E-state index contributed by atoms with van der Waals surface area (Å²) in [5.74, 6) is -0.284. The van der Waals surface area contributed by atoms with Crippen molar-refractivity contribution in [2.45, 2.75) is 26.8 Å². The van der Waals surface area contributed by atoms with E-state index in [2.05, 4.69) is 21.2 Å². The normalized spacial score (nSPS) is 13.0. The summed E-state index contributed by atoms with van der Waals surface area (Å²) in [6.45, 7) is 5.94. The second-order valence-electron chi connectivity index (χ2n) is 5.10. The third kappa shape index (κ3) is 3.89. The van der Waals surface area contributed by atoms with Crippen molar-refractivity contribution in [3.05, 3.63) is 27.7 Å². The molecule has 1 aromatic carbocycles. The van der Waals surface area contributed by atoms with E-state index in [9.17, 15) is 4.79 Å². The lowest BCUT2D eigenvalue weighted by Crippen LogP contribution is -2.41. The zero-order chi connectivity index (χ0) is 13.9. The molecule has 0 bridgehead atoms. The van der Waals surface area contributed by atoms with Gasteiger partial charge in [-0.25, -0.2) is 4.79 Å². The molecular formula is C13H17BrClNO2. The van der Waals surface area contributed by atoms with Gasteiger partial charge in [-0.3, -0.25) is 0 Å². The van der Waals surface area contributed by atoms with E-state index in [0.717, 1.165) is 10.2 Å². The second kappa shape index (κ2) is 5.93. The smallest absolute Gasteiger partial charge is 0.328 e. The first-order valence-electron chi connectivity index (χ1n) is 5.55. The van der Waals surface area contributed by atoms with Crippen LogP contribution in [0.2, 0.25) is 5.02 Å². The van der Waals surface area contributed by atoms with Gasteiger partial charge in [0.05, 0.1) is 12.1 Å². The van der Waals surface area contributed by atoms with Crippen LogP contribution in [-0.4, -0.2) is 19.1 Å². The van der Waals surface area contributed by atoms with Gasteiger partial charge in [-0.1, -0.05) is 32.4 Å². The molecule has 0 saturated carbocycles. The average Bonchev–Trinajstić information content (AvgIpc) is 2.28. The van der Waals surface area contributed by atoms with Crippen LogP contribution in [0.25, 0.3) is 0 Å². The Kier molecular flexibility index (Phi) is 5.05. The fraction of sp³-hybridized carbons (Fsp3) is 0.462. The Morgan fingerprint density at radius 1 is 1.44 bits per heavy atom. The van der Waals surface area contributed by atoms with Crippen molar-refractivity contribution in [1.29, 1.82) is 0 Å². The fourth-order valence-corrected chi connectivity index (χ4v) is 2.00. The summed E-state index contributed by atoms with van der Waals surface area (Å²) in [4.78, 5) is 11.8. The molecule has 18 heavy (non-hydrogen) atoms. The van der Waals surface area contributed by atoms with Crippen LogP contribution >= 0.6 is 27.5 Å². The van der Waals surface area contributed by atoms with Crippen LogP contribution in [-0.2, 0) is 9.53 Å². The molecule has 100 valence electrons. The summed E-state index contributed by atoms with van der Waals surface area (Å²) in [6, 6.07) is 5.01. The molecular weight excluding hydrogens is 318 g/mol. The molecule has 0 radical (unpaired) electrons. The number of anilines is 1. The first-order chi connectivity index (χ1) is 8.25. The highest BCUT2D eigenvalue weighted by Crippen LogP contribution is 2.29. The van der Waals surface area contributed by atoms with E-state index in [1.165, 1.54) is 7.11 Å². The number of halogens is 2. The molecule has 1 N–H and O–H groups in total. The molecule has 1 aromatic rings. The van der Waals surface area contributed by atoms with Gasteiger partial charge in [-0.2, -0.15) is 0 Å². The Labute approximate surface area is 121 Å². The third-order valence-corrected chi connectivity index (χ3v) is 3.75. The van der Waals surface area contributed by atoms with E-state index >= 15 is 0 Å². The molecule has 1 rings (SSSR count). The maximum atomic E-state index is 11.8. The molecule has 0 spiro atoms. The summed E-state index contributed by atoms with van der Waals surface area (Å²) < 4.78 is 5.61. The molecule has 5 heteroatoms. The molecule has 1 atom stereocenters. The van der Waals surface area contributed by atoms with E-state index in [-0.39, 0.29) is 11.4 Å². The third-order valence-electron chi connectivity index (χ3n) is 2.53. The molecule has 0 aromatic heterocycles. The average molecular weight is 335 g/mol. The van der Waals surface area contributed by atoms with Crippen molar-refractivity contribution in [1.82, 2.24) is 0 Å². The summed E-state index contributed by atoms with van der Waals surface area (Å²) in [6.07, 6.45) is 0. The molecule has 0 aliphatic rings. The Bertz CT molecular complexity index is 443. The van der Waals surface area contributed by atoms with Gasteiger partial charge in [0, 0.05) is 10.2 Å². The number of methoxy groups -OCH3 is 1. The van der Waals surface area contributed by atoms with Gasteiger partial charge in [0.25, 0.3) is 0 Å². The van der Waals surface area contributed by atoms with Gasteiger partial charge in [-0.15, -0.1) is 0 Å². The van der Waals surface area contributed by atoms with Gasteiger partial charge in [-0.05, 0) is 39.5 Å². The number of carbonyl (C=O) groups is 1. The quantitative estimate of drug-likeness (QED) is 0.846. The van der Waals surface area contributed by atoms with E-state index in [1.807, 2.05) is 32.9 Å². The zero-order valence-corrected chi connectivity index (χ0v) is 13.2. The van der Waals surface area contributed by atoms with Gasteiger partial charge in [0.15, 0.2) is 0 Å². The first kappa shape index (κ1) is 15.3. The van der Waals surface area contributed by atoms with Gasteiger partial charge >= 0.3 is 5.97 Å². The summed E-state index contributed by atoms with van der Waals surface area (Å²) in [7, 11) is 1.39. The van der Waals surface area contributed by atoms with Crippen molar-refractivity contribution >= 4 is 39.2 Å². The van der Waals surface area contributed by atoms with Crippen molar-refractivity contribution in [3.63, 3.8) is 0 Å². The van der Waals surface area contributed by atoms with Crippen LogP contribution < -0.4 is 5.32 Å². The molecule has 1 unspecified atom stereocenters. The predicted molar refractivity (Wildman–Crippen MR) is 78.0 cm³/mol. The minimum absolute atomic E-state index is 0.251. The molecule has 0 amide bonds. The summed E-state index contributed by atoms with van der Waals surface area (Å²) >= 11 is 9.28. The number of esters is 1. The van der Waals surface area contributed by atoms with Gasteiger partial charge in [0.1, 0.15) is 6.04 Å². The van der Waals surface area contributed by atoms with Crippen LogP contribution in [0.1, 0.15) is 20.8 Å². The highest BCUT2D eigenvalue weighted by molar-refractivity contribution is 9.10. The van der Waals surface area contributed by atoms with Crippen LogP contribution in [0.5, 0.6) is 0 Å². The molecule has 0 fully saturated rings. The number of nitrogens with one attached hydrogen (secondary N) is 1. The van der Waals surface area contributed by atoms with Gasteiger partial charge < -0.3 is 10.1 Å². The number of benzene rings is 1. The molecule has 0 saturated heterocycles. The number of hydrogen-bond donors (Lipinski definition) is 1. The lowest BCUT2D eigenvalue weighted by molar-refractivity contribution is -0.143. The SMILES string of the molecule is COC(=O)C(Nc1ccc(Cl)c(Br)c1)C(C)(C)C. The Hall–Kier alpha value is -0.740. The highest BCUT2D eigenvalue weighted by atomic mass is 79.9. The highest BCUT2D eigenvalue weighted by Gasteiger charge is 2.32. The van der Waals surface area contributed by atoms with Crippen molar-refractivity contribution in [2.75, 3.05) is 12.4 Å². The largest absolute Gasteiger partial charge is 0.467 e. The predicted octanol–water partition coefficient (Wildman–Crippen LogP) is 4.10. The molecule has 0 heterocycles. The second-order valence-corrected chi connectivity index (χ2v) is 6.36. The lowest BCUT2D eigenvalue weighted by atomic mass is 9.86. The van der Waals surface area contributed by atoms with Gasteiger partial charge in [0.2, 0.25) is 0 Å².